The van der Waals surface area contributed by atoms with E-state index in [0.717, 1.165) is 11.3 Å². The summed E-state index contributed by atoms with van der Waals surface area (Å²) in [6, 6.07) is 8.96. The molecule has 20 heavy (non-hydrogen) atoms. The van der Waals surface area contributed by atoms with Gasteiger partial charge in [0.25, 0.3) is 0 Å². The van der Waals surface area contributed by atoms with Gasteiger partial charge in [0.2, 0.25) is 0 Å². The molecule has 6 heteroatoms. The largest absolute Gasteiger partial charge is 0.496 e. The number of carboxylic acids is 1. The molecule has 0 bridgehead atoms. The molecule has 0 atom stereocenters. The zero-order valence-electron chi connectivity index (χ0n) is 10.8. The lowest BCUT2D eigenvalue weighted by molar-refractivity contribution is 0.0697. The van der Waals surface area contributed by atoms with Crippen molar-refractivity contribution in [3.8, 4) is 5.75 Å². The van der Waals surface area contributed by atoms with Crippen LogP contribution in [0.5, 0.6) is 5.75 Å². The predicted octanol–water partition coefficient (Wildman–Crippen LogP) is 3.05. The minimum absolute atomic E-state index is 0.0178. The maximum atomic E-state index is 11.0. The van der Waals surface area contributed by atoms with Crippen LogP contribution >= 0.6 is 11.6 Å². The number of hydrogen-bond donors (Lipinski definition) is 2. The summed E-state index contributed by atoms with van der Waals surface area (Å²) in [7, 11) is 1.60. The summed E-state index contributed by atoms with van der Waals surface area (Å²) in [5.41, 5.74) is 0.966. The number of benzene rings is 1. The molecule has 0 fully saturated rings. The van der Waals surface area contributed by atoms with E-state index in [9.17, 15) is 4.79 Å². The first-order chi connectivity index (χ1) is 9.61. The van der Waals surface area contributed by atoms with E-state index < -0.39 is 5.97 Å². The Morgan fingerprint density at radius 2 is 2.20 bits per heavy atom. The molecule has 0 unspecified atom stereocenters. The van der Waals surface area contributed by atoms with Crippen molar-refractivity contribution in [1.82, 2.24) is 4.98 Å². The van der Waals surface area contributed by atoms with Crippen LogP contribution in [-0.4, -0.2) is 23.2 Å². The van der Waals surface area contributed by atoms with Gasteiger partial charge in [0.1, 0.15) is 11.6 Å². The van der Waals surface area contributed by atoms with Crippen molar-refractivity contribution in [3.05, 3.63) is 52.7 Å². The van der Waals surface area contributed by atoms with Gasteiger partial charge in [-0.25, -0.2) is 9.78 Å². The van der Waals surface area contributed by atoms with Gasteiger partial charge < -0.3 is 15.2 Å². The summed E-state index contributed by atoms with van der Waals surface area (Å²) in [5.74, 6) is 0.114. The van der Waals surface area contributed by atoms with Gasteiger partial charge in [-0.05, 0) is 12.1 Å². The smallest absolute Gasteiger partial charge is 0.337 e. The molecule has 2 rings (SSSR count). The molecule has 0 amide bonds. The van der Waals surface area contributed by atoms with Crippen LogP contribution in [0.4, 0.5) is 5.82 Å². The topological polar surface area (TPSA) is 71.5 Å². The van der Waals surface area contributed by atoms with E-state index in [-0.39, 0.29) is 10.6 Å². The number of pyridine rings is 1. The van der Waals surface area contributed by atoms with Gasteiger partial charge in [-0.3, -0.25) is 0 Å². The standard InChI is InChI=1S/C14H13ClN2O3/c1-20-12-5-3-2-4-9(12)7-16-13-6-10(14(18)19)11(15)8-17-13/h2-6,8H,7H2,1H3,(H,16,17)(H,18,19). The van der Waals surface area contributed by atoms with Crippen LogP contribution in [-0.2, 0) is 6.54 Å². The lowest BCUT2D eigenvalue weighted by Gasteiger charge is -2.10. The van der Waals surface area contributed by atoms with Gasteiger partial charge in [0.15, 0.2) is 0 Å². The Morgan fingerprint density at radius 1 is 1.45 bits per heavy atom. The van der Waals surface area contributed by atoms with Crippen LogP contribution in [0.1, 0.15) is 15.9 Å². The Balaban J connectivity index is 2.15. The molecule has 0 aliphatic heterocycles. The number of methoxy groups -OCH3 is 1. The fourth-order valence-electron chi connectivity index (χ4n) is 1.73. The number of aromatic nitrogens is 1. The van der Waals surface area contributed by atoms with Crippen LogP contribution in [0, 0.1) is 0 Å². The van der Waals surface area contributed by atoms with Crippen molar-refractivity contribution in [2.24, 2.45) is 0 Å². The summed E-state index contributed by atoms with van der Waals surface area (Å²) in [5, 5.41) is 12.2. The first kappa shape index (κ1) is 14.1. The summed E-state index contributed by atoms with van der Waals surface area (Å²) in [6.45, 7) is 0.470. The van der Waals surface area contributed by atoms with Crippen molar-refractivity contribution in [3.63, 3.8) is 0 Å². The second kappa shape index (κ2) is 6.25. The number of nitrogens with zero attached hydrogens (tertiary/aromatic N) is 1. The van der Waals surface area contributed by atoms with E-state index in [1.807, 2.05) is 24.3 Å². The zero-order valence-corrected chi connectivity index (χ0v) is 11.5. The number of rotatable bonds is 5. The molecule has 0 saturated heterocycles. The van der Waals surface area contributed by atoms with Crippen LogP contribution in [0.15, 0.2) is 36.5 Å². The third-order valence-electron chi connectivity index (χ3n) is 2.74. The Morgan fingerprint density at radius 3 is 2.90 bits per heavy atom. The number of halogens is 1. The van der Waals surface area contributed by atoms with Gasteiger partial charge in [-0.1, -0.05) is 29.8 Å². The van der Waals surface area contributed by atoms with Crippen LogP contribution in [0.25, 0.3) is 0 Å². The number of anilines is 1. The van der Waals surface area contributed by atoms with Crippen molar-refractivity contribution in [2.75, 3.05) is 12.4 Å². The average Bonchev–Trinajstić information content (AvgIpc) is 2.46. The summed E-state index contributed by atoms with van der Waals surface area (Å²) >= 11 is 5.76. The summed E-state index contributed by atoms with van der Waals surface area (Å²) in [6.07, 6.45) is 1.32. The highest BCUT2D eigenvalue weighted by Gasteiger charge is 2.10. The SMILES string of the molecule is COc1ccccc1CNc1cc(C(=O)O)c(Cl)cn1. The van der Waals surface area contributed by atoms with Crippen molar-refractivity contribution in [2.45, 2.75) is 6.54 Å². The van der Waals surface area contributed by atoms with Crippen LogP contribution < -0.4 is 10.1 Å². The van der Waals surface area contributed by atoms with Gasteiger partial charge >= 0.3 is 5.97 Å². The maximum absolute atomic E-state index is 11.0. The van der Waals surface area contributed by atoms with Gasteiger partial charge in [0.05, 0.1) is 17.7 Å². The third kappa shape index (κ3) is 3.19. The van der Waals surface area contributed by atoms with Crippen molar-refractivity contribution < 1.29 is 14.6 Å². The predicted molar refractivity (Wildman–Crippen MR) is 76.5 cm³/mol. The minimum Gasteiger partial charge on any atom is -0.496 e. The number of hydrogen-bond acceptors (Lipinski definition) is 4. The van der Waals surface area contributed by atoms with E-state index in [4.69, 9.17) is 21.4 Å². The van der Waals surface area contributed by atoms with E-state index in [0.29, 0.717) is 12.4 Å². The fraction of sp³-hybridized carbons (Fsp3) is 0.143. The Bertz CT molecular complexity index is 632. The highest BCUT2D eigenvalue weighted by atomic mass is 35.5. The molecule has 0 radical (unpaired) electrons. The molecule has 5 nitrogen and oxygen atoms in total. The monoisotopic (exact) mass is 292 g/mol. The Labute approximate surface area is 121 Å². The van der Waals surface area contributed by atoms with Crippen molar-refractivity contribution >= 4 is 23.4 Å². The van der Waals surface area contributed by atoms with E-state index in [2.05, 4.69) is 10.3 Å². The number of carbonyl (C=O) groups is 1. The first-order valence-corrected chi connectivity index (χ1v) is 6.24. The molecule has 2 aromatic rings. The Hall–Kier alpha value is -2.27. The number of carboxylic acid groups (broad SMARTS) is 1. The first-order valence-electron chi connectivity index (χ1n) is 5.86. The molecule has 104 valence electrons. The number of aromatic carboxylic acids is 1. The van der Waals surface area contributed by atoms with Gasteiger partial charge in [-0.2, -0.15) is 0 Å². The molecule has 0 aliphatic carbocycles. The van der Waals surface area contributed by atoms with E-state index in [1.165, 1.54) is 12.3 Å². The van der Waals surface area contributed by atoms with E-state index >= 15 is 0 Å². The lowest BCUT2D eigenvalue weighted by Crippen LogP contribution is -2.05. The molecule has 1 aromatic carbocycles. The zero-order chi connectivity index (χ0) is 14.5. The number of para-hydroxylation sites is 1. The lowest BCUT2D eigenvalue weighted by atomic mass is 10.2. The number of ether oxygens (including phenoxy) is 1. The second-order valence-corrected chi connectivity index (χ2v) is 4.43. The minimum atomic E-state index is -1.09. The normalized spacial score (nSPS) is 10.1. The fourth-order valence-corrected chi connectivity index (χ4v) is 1.92. The summed E-state index contributed by atoms with van der Waals surface area (Å²) < 4.78 is 5.24. The quantitative estimate of drug-likeness (QED) is 0.886. The Kier molecular flexibility index (Phi) is 4.42. The maximum Gasteiger partial charge on any atom is 0.337 e. The molecule has 0 aliphatic rings. The average molecular weight is 293 g/mol. The molecular weight excluding hydrogens is 280 g/mol. The molecule has 1 aromatic heterocycles. The van der Waals surface area contributed by atoms with E-state index in [1.54, 1.807) is 7.11 Å². The molecular formula is C14H13ClN2O3. The number of nitrogens with one attached hydrogen (secondary N) is 1. The third-order valence-corrected chi connectivity index (χ3v) is 3.04. The summed E-state index contributed by atoms with van der Waals surface area (Å²) in [4.78, 5) is 15.0. The van der Waals surface area contributed by atoms with Gasteiger partial charge in [-0.15, -0.1) is 0 Å². The highest BCUT2D eigenvalue weighted by molar-refractivity contribution is 6.33. The second-order valence-electron chi connectivity index (χ2n) is 4.02. The molecule has 2 N–H and O–H groups in total. The highest BCUT2D eigenvalue weighted by Crippen LogP contribution is 2.21. The molecule has 0 saturated carbocycles. The van der Waals surface area contributed by atoms with Crippen molar-refractivity contribution in [1.29, 1.82) is 0 Å². The molecule has 1 heterocycles. The van der Waals surface area contributed by atoms with Crippen LogP contribution in [0.2, 0.25) is 5.02 Å². The van der Waals surface area contributed by atoms with Gasteiger partial charge in [0, 0.05) is 18.3 Å². The molecule has 0 spiro atoms. The van der Waals surface area contributed by atoms with Crippen LogP contribution in [0.3, 0.4) is 0 Å².